The quantitative estimate of drug-likeness (QED) is 0.851. The number of hydrogen-bond donors (Lipinski definition) is 1. The first kappa shape index (κ1) is 14.6. The zero-order valence-electron chi connectivity index (χ0n) is 12.0. The van der Waals surface area contributed by atoms with Crippen molar-refractivity contribution in [3.8, 4) is 11.8 Å². The normalized spacial score (nSPS) is 24.4. The lowest BCUT2D eigenvalue weighted by Gasteiger charge is -2.43. The Balaban J connectivity index is 1.68. The number of rotatable bonds is 2. The molecule has 2 N–H and O–H groups in total. The van der Waals surface area contributed by atoms with E-state index in [1.807, 2.05) is 11.8 Å². The Labute approximate surface area is 129 Å². The van der Waals surface area contributed by atoms with Crippen LogP contribution in [0.1, 0.15) is 31.2 Å². The molecular formula is C16H20N2O2S. The van der Waals surface area contributed by atoms with E-state index in [9.17, 15) is 0 Å². The summed E-state index contributed by atoms with van der Waals surface area (Å²) in [5.41, 5.74) is 7.08. The fourth-order valence-corrected chi connectivity index (χ4v) is 4.32. The second-order valence-corrected chi connectivity index (χ2v) is 6.97. The van der Waals surface area contributed by atoms with Crippen LogP contribution in [0.2, 0.25) is 0 Å². The Hall–Kier alpha value is -1.38. The highest BCUT2D eigenvalue weighted by Crippen LogP contribution is 2.39. The molecule has 0 amide bonds. The van der Waals surface area contributed by atoms with E-state index in [0.29, 0.717) is 17.0 Å². The summed E-state index contributed by atoms with van der Waals surface area (Å²) in [5, 5.41) is 8.88. The van der Waals surface area contributed by atoms with Gasteiger partial charge in [0.25, 0.3) is 0 Å². The van der Waals surface area contributed by atoms with Gasteiger partial charge in [-0.25, -0.2) is 0 Å². The summed E-state index contributed by atoms with van der Waals surface area (Å²) in [6, 6.07) is 7.30. The summed E-state index contributed by atoms with van der Waals surface area (Å²) in [6.45, 7) is 0.755. The predicted octanol–water partition coefficient (Wildman–Crippen LogP) is 2.96. The van der Waals surface area contributed by atoms with E-state index < -0.39 is 0 Å². The highest BCUT2D eigenvalue weighted by atomic mass is 32.2. The van der Waals surface area contributed by atoms with E-state index in [0.717, 1.165) is 32.3 Å². The smallest absolute Gasteiger partial charge is 0.142 e. The van der Waals surface area contributed by atoms with E-state index in [2.05, 4.69) is 6.07 Å². The van der Waals surface area contributed by atoms with E-state index >= 15 is 0 Å². The van der Waals surface area contributed by atoms with Gasteiger partial charge in [0.15, 0.2) is 0 Å². The fourth-order valence-electron chi connectivity index (χ4n) is 3.08. The van der Waals surface area contributed by atoms with Crippen LogP contribution in [0.3, 0.4) is 0 Å². The van der Waals surface area contributed by atoms with Gasteiger partial charge >= 0.3 is 0 Å². The number of ether oxygens (including phenoxy) is 2. The van der Waals surface area contributed by atoms with Crippen molar-refractivity contribution in [1.29, 1.82) is 5.26 Å². The first-order chi connectivity index (χ1) is 10.2. The number of nitrogens with zero attached hydrogens (tertiary/aromatic N) is 1. The van der Waals surface area contributed by atoms with Crippen molar-refractivity contribution < 1.29 is 9.47 Å². The van der Waals surface area contributed by atoms with Crippen LogP contribution in [0.25, 0.3) is 0 Å². The Bertz CT molecular complexity index is 544. The average Bonchev–Trinajstić information content (AvgIpc) is 2.50. The molecule has 4 nitrogen and oxygen atoms in total. The third kappa shape index (κ3) is 3.28. The molecule has 21 heavy (non-hydrogen) atoms. The van der Waals surface area contributed by atoms with Crippen LogP contribution in [-0.2, 0) is 4.74 Å². The molecule has 1 atom stereocenters. The van der Waals surface area contributed by atoms with Crippen molar-refractivity contribution in [2.24, 2.45) is 0 Å². The van der Waals surface area contributed by atoms with Crippen molar-refractivity contribution in [1.82, 2.24) is 0 Å². The predicted molar refractivity (Wildman–Crippen MR) is 84.5 cm³/mol. The molecule has 1 aromatic rings. The van der Waals surface area contributed by atoms with Crippen LogP contribution in [0.4, 0.5) is 5.69 Å². The number of thioether (sulfide) groups is 1. The zero-order valence-corrected chi connectivity index (χ0v) is 12.8. The standard InChI is InChI=1S/C16H20N2O2S/c17-11-12-1-2-15(14(18)9-12)20-13-3-6-19-16(10-13)4-7-21-8-5-16/h1-2,9,13H,3-8,10,18H2. The van der Waals surface area contributed by atoms with Gasteiger partial charge in [0, 0.05) is 12.8 Å². The number of nitrogens with two attached hydrogens (primary N) is 1. The van der Waals surface area contributed by atoms with Crippen molar-refractivity contribution in [3.63, 3.8) is 0 Å². The molecule has 1 spiro atoms. The lowest BCUT2D eigenvalue weighted by molar-refractivity contribution is -0.116. The van der Waals surface area contributed by atoms with Crippen molar-refractivity contribution >= 4 is 17.4 Å². The van der Waals surface area contributed by atoms with Gasteiger partial charge in [0.1, 0.15) is 11.9 Å². The van der Waals surface area contributed by atoms with Crippen molar-refractivity contribution in [2.75, 3.05) is 23.8 Å². The van der Waals surface area contributed by atoms with E-state index in [1.54, 1.807) is 18.2 Å². The van der Waals surface area contributed by atoms with Crippen LogP contribution >= 0.6 is 11.8 Å². The maximum Gasteiger partial charge on any atom is 0.142 e. The largest absolute Gasteiger partial charge is 0.488 e. The van der Waals surface area contributed by atoms with Crippen molar-refractivity contribution in [3.05, 3.63) is 23.8 Å². The Morgan fingerprint density at radius 1 is 1.38 bits per heavy atom. The number of anilines is 1. The molecule has 2 aliphatic rings. The maximum atomic E-state index is 8.88. The van der Waals surface area contributed by atoms with Crippen LogP contribution in [-0.4, -0.2) is 29.8 Å². The molecule has 2 aliphatic heterocycles. The third-order valence-corrected chi connectivity index (χ3v) is 5.27. The summed E-state index contributed by atoms with van der Waals surface area (Å²) in [5.74, 6) is 3.03. The Kier molecular flexibility index (Phi) is 4.27. The molecule has 112 valence electrons. The summed E-state index contributed by atoms with van der Waals surface area (Å²) < 4.78 is 12.2. The molecule has 5 heteroatoms. The lowest BCUT2D eigenvalue weighted by atomic mass is 9.86. The zero-order chi connectivity index (χ0) is 14.7. The van der Waals surface area contributed by atoms with E-state index in [4.69, 9.17) is 20.5 Å². The number of nitrogen functional groups attached to an aromatic ring is 1. The third-order valence-electron chi connectivity index (χ3n) is 4.28. The number of benzene rings is 1. The maximum absolute atomic E-state index is 8.88. The van der Waals surface area contributed by atoms with Gasteiger partial charge in [-0.15, -0.1) is 0 Å². The highest BCUT2D eigenvalue weighted by Gasteiger charge is 2.39. The van der Waals surface area contributed by atoms with Gasteiger partial charge < -0.3 is 15.2 Å². The van der Waals surface area contributed by atoms with Crippen LogP contribution in [0.5, 0.6) is 5.75 Å². The van der Waals surface area contributed by atoms with E-state index in [-0.39, 0.29) is 11.7 Å². The van der Waals surface area contributed by atoms with Gasteiger partial charge in [-0.3, -0.25) is 0 Å². The molecule has 1 aromatic carbocycles. The minimum atomic E-state index is 0.00945. The molecule has 0 radical (unpaired) electrons. The minimum absolute atomic E-state index is 0.00945. The molecule has 0 aliphatic carbocycles. The molecule has 1 unspecified atom stereocenters. The van der Waals surface area contributed by atoms with Gasteiger partial charge in [-0.05, 0) is 42.5 Å². The molecule has 0 aromatic heterocycles. The SMILES string of the molecule is N#Cc1ccc(OC2CCOC3(CCSCC3)C2)c(N)c1. The van der Waals surface area contributed by atoms with Crippen LogP contribution in [0.15, 0.2) is 18.2 Å². The van der Waals surface area contributed by atoms with Gasteiger partial charge in [-0.1, -0.05) is 0 Å². The second kappa shape index (κ2) is 6.17. The fraction of sp³-hybridized carbons (Fsp3) is 0.562. The highest BCUT2D eigenvalue weighted by molar-refractivity contribution is 7.99. The molecular weight excluding hydrogens is 284 g/mol. The van der Waals surface area contributed by atoms with Gasteiger partial charge in [0.2, 0.25) is 0 Å². The van der Waals surface area contributed by atoms with Gasteiger partial charge in [-0.2, -0.15) is 17.0 Å². The van der Waals surface area contributed by atoms with Crippen molar-refractivity contribution in [2.45, 2.75) is 37.4 Å². The summed E-state index contributed by atoms with van der Waals surface area (Å²) in [4.78, 5) is 0. The summed E-state index contributed by atoms with van der Waals surface area (Å²) in [7, 11) is 0. The summed E-state index contributed by atoms with van der Waals surface area (Å²) >= 11 is 2.00. The first-order valence-electron chi connectivity index (χ1n) is 7.39. The summed E-state index contributed by atoms with van der Waals surface area (Å²) in [6.07, 6.45) is 4.21. The van der Waals surface area contributed by atoms with Crippen LogP contribution < -0.4 is 10.5 Å². The molecule has 2 saturated heterocycles. The number of hydrogen-bond acceptors (Lipinski definition) is 5. The second-order valence-electron chi connectivity index (χ2n) is 5.74. The topological polar surface area (TPSA) is 68.3 Å². The Morgan fingerprint density at radius 2 is 2.19 bits per heavy atom. The van der Waals surface area contributed by atoms with E-state index in [1.165, 1.54) is 11.5 Å². The lowest BCUT2D eigenvalue weighted by Crippen LogP contribution is -2.46. The number of nitriles is 1. The molecule has 2 fully saturated rings. The molecule has 2 heterocycles. The molecule has 0 saturated carbocycles. The minimum Gasteiger partial charge on any atom is -0.488 e. The van der Waals surface area contributed by atoms with Gasteiger partial charge in [0.05, 0.1) is 29.5 Å². The van der Waals surface area contributed by atoms with Crippen LogP contribution in [0, 0.1) is 11.3 Å². The Morgan fingerprint density at radius 3 is 2.90 bits per heavy atom. The molecule has 0 bridgehead atoms. The molecule has 3 rings (SSSR count). The average molecular weight is 304 g/mol. The monoisotopic (exact) mass is 304 g/mol. The first-order valence-corrected chi connectivity index (χ1v) is 8.54.